The normalized spacial score (nSPS) is 22.2. The fourth-order valence-electron chi connectivity index (χ4n) is 4.17. The summed E-state index contributed by atoms with van der Waals surface area (Å²) in [6, 6.07) is 3.80. The van der Waals surface area contributed by atoms with Gasteiger partial charge >= 0.3 is 0 Å². The molecular formula is C21H31F2N3O. The van der Waals surface area contributed by atoms with Gasteiger partial charge in [-0.15, -0.1) is 0 Å². The highest BCUT2D eigenvalue weighted by Crippen LogP contribution is 2.23. The van der Waals surface area contributed by atoms with E-state index in [2.05, 4.69) is 16.7 Å². The van der Waals surface area contributed by atoms with Gasteiger partial charge in [-0.3, -0.25) is 9.69 Å². The van der Waals surface area contributed by atoms with Crippen LogP contribution >= 0.6 is 0 Å². The van der Waals surface area contributed by atoms with Gasteiger partial charge in [-0.2, -0.15) is 0 Å². The molecule has 0 radical (unpaired) electrons. The molecule has 0 spiro atoms. The Morgan fingerprint density at radius 2 is 1.85 bits per heavy atom. The van der Waals surface area contributed by atoms with Crippen LogP contribution in [0, 0.1) is 17.6 Å². The minimum atomic E-state index is -0.537. The second-order valence-electron chi connectivity index (χ2n) is 7.83. The summed E-state index contributed by atoms with van der Waals surface area (Å²) in [6.45, 7) is 9.34. The molecule has 2 aliphatic heterocycles. The zero-order chi connectivity index (χ0) is 19.2. The van der Waals surface area contributed by atoms with Gasteiger partial charge in [0.25, 0.3) is 0 Å². The number of likely N-dealkylation sites (N-methyl/N-ethyl adjacent to an activating group) is 1. The number of piperazine rings is 1. The third-order valence-electron chi connectivity index (χ3n) is 5.98. The first-order valence-electron chi connectivity index (χ1n) is 10.2. The van der Waals surface area contributed by atoms with E-state index in [0.717, 1.165) is 71.1 Å². The van der Waals surface area contributed by atoms with Crippen LogP contribution in [-0.4, -0.2) is 73.0 Å². The van der Waals surface area contributed by atoms with Crippen molar-refractivity contribution in [3.63, 3.8) is 0 Å². The fraction of sp³-hybridized carbons (Fsp3) is 0.667. The molecule has 150 valence electrons. The number of carbonyl (C=O) groups excluding carboxylic acids is 1. The first-order valence-corrected chi connectivity index (χ1v) is 10.2. The van der Waals surface area contributed by atoms with Gasteiger partial charge in [0, 0.05) is 45.3 Å². The number of rotatable bonds is 6. The molecule has 2 aliphatic rings. The average Bonchev–Trinajstić information content (AvgIpc) is 2.68. The lowest BCUT2D eigenvalue weighted by atomic mass is 9.91. The summed E-state index contributed by atoms with van der Waals surface area (Å²) in [5, 5.41) is 0. The molecule has 1 aromatic rings. The molecule has 0 bridgehead atoms. The summed E-state index contributed by atoms with van der Waals surface area (Å²) in [5.74, 6) is -0.392. The zero-order valence-corrected chi connectivity index (χ0v) is 16.3. The predicted molar refractivity (Wildman–Crippen MR) is 103 cm³/mol. The molecule has 1 amide bonds. The molecule has 0 saturated carbocycles. The Morgan fingerprint density at radius 1 is 1.11 bits per heavy atom. The topological polar surface area (TPSA) is 26.8 Å². The lowest BCUT2D eigenvalue weighted by molar-refractivity contribution is -0.134. The highest BCUT2D eigenvalue weighted by atomic mass is 19.1. The maximum atomic E-state index is 13.8. The number of nitrogens with zero attached hydrogens (tertiary/aromatic N) is 3. The average molecular weight is 379 g/mol. The van der Waals surface area contributed by atoms with Gasteiger partial charge in [-0.05, 0) is 49.8 Å². The second-order valence-corrected chi connectivity index (χ2v) is 7.83. The molecular weight excluding hydrogens is 348 g/mol. The maximum Gasteiger partial charge on any atom is 0.236 e. The summed E-state index contributed by atoms with van der Waals surface area (Å²) < 4.78 is 26.8. The van der Waals surface area contributed by atoms with E-state index in [0.29, 0.717) is 24.4 Å². The molecule has 1 atom stereocenters. The van der Waals surface area contributed by atoms with Gasteiger partial charge in [0.05, 0.1) is 6.54 Å². The van der Waals surface area contributed by atoms with Crippen molar-refractivity contribution in [1.82, 2.24) is 14.7 Å². The summed E-state index contributed by atoms with van der Waals surface area (Å²) in [6.07, 6.45) is 3.51. The fourth-order valence-corrected chi connectivity index (χ4v) is 4.17. The lowest BCUT2D eigenvalue weighted by Crippen LogP contribution is -2.51. The van der Waals surface area contributed by atoms with E-state index in [-0.39, 0.29) is 5.91 Å². The largest absolute Gasteiger partial charge is 0.341 e. The Balaban J connectivity index is 1.45. The summed E-state index contributed by atoms with van der Waals surface area (Å²) in [5.41, 5.74) is 0.564. The minimum absolute atomic E-state index is 0.220. The van der Waals surface area contributed by atoms with Gasteiger partial charge in [0.2, 0.25) is 5.91 Å². The van der Waals surface area contributed by atoms with Crippen LogP contribution in [0.1, 0.15) is 31.7 Å². The number of carbonyl (C=O) groups is 1. The van der Waals surface area contributed by atoms with E-state index in [1.165, 1.54) is 12.1 Å². The van der Waals surface area contributed by atoms with Gasteiger partial charge in [-0.25, -0.2) is 8.78 Å². The quantitative estimate of drug-likeness (QED) is 0.761. The zero-order valence-electron chi connectivity index (χ0n) is 16.3. The van der Waals surface area contributed by atoms with Crippen LogP contribution in [0.4, 0.5) is 8.78 Å². The van der Waals surface area contributed by atoms with Crippen molar-refractivity contribution >= 4 is 5.91 Å². The number of benzene rings is 1. The molecule has 3 rings (SSSR count). The van der Waals surface area contributed by atoms with Crippen LogP contribution in [-0.2, 0) is 11.2 Å². The monoisotopic (exact) mass is 379 g/mol. The summed E-state index contributed by atoms with van der Waals surface area (Å²) >= 11 is 0. The molecule has 4 nitrogen and oxygen atoms in total. The Morgan fingerprint density at radius 3 is 2.56 bits per heavy atom. The van der Waals surface area contributed by atoms with Gasteiger partial charge < -0.3 is 9.80 Å². The van der Waals surface area contributed by atoms with E-state index < -0.39 is 11.6 Å². The van der Waals surface area contributed by atoms with Crippen LogP contribution in [0.3, 0.4) is 0 Å². The number of piperidine rings is 1. The predicted octanol–water partition coefficient (Wildman–Crippen LogP) is 2.77. The van der Waals surface area contributed by atoms with Gasteiger partial charge in [-0.1, -0.05) is 13.0 Å². The summed E-state index contributed by atoms with van der Waals surface area (Å²) in [7, 11) is 0. The SMILES string of the molecule is CCN1CCN(CC(=O)N2CCCC(CCc3ccc(F)cc3F)C2)CC1. The molecule has 1 unspecified atom stereocenters. The Hall–Kier alpha value is -1.53. The first kappa shape index (κ1) is 20.2. The van der Waals surface area contributed by atoms with Crippen molar-refractivity contribution in [2.24, 2.45) is 5.92 Å². The third-order valence-corrected chi connectivity index (χ3v) is 5.98. The number of amides is 1. The first-order chi connectivity index (χ1) is 13.0. The van der Waals surface area contributed by atoms with Crippen LogP contribution in [0.15, 0.2) is 18.2 Å². The van der Waals surface area contributed by atoms with Gasteiger partial charge in [0.15, 0.2) is 0 Å². The third kappa shape index (κ3) is 5.72. The second kappa shape index (κ2) is 9.60. The Kier molecular flexibility index (Phi) is 7.19. The molecule has 2 saturated heterocycles. The highest BCUT2D eigenvalue weighted by Gasteiger charge is 2.26. The smallest absolute Gasteiger partial charge is 0.236 e. The Labute approximate surface area is 161 Å². The van der Waals surface area contributed by atoms with E-state index >= 15 is 0 Å². The van der Waals surface area contributed by atoms with Crippen molar-refractivity contribution in [2.45, 2.75) is 32.6 Å². The van der Waals surface area contributed by atoms with E-state index in [1.54, 1.807) is 0 Å². The van der Waals surface area contributed by atoms with Crippen molar-refractivity contribution in [3.8, 4) is 0 Å². The molecule has 2 heterocycles. The van der Waals surface area contributed by atoms with Crippen LogP contribution in [0.25, 0.3) is 0 Å². The van der Waals surface area contributed by atoms with Crippen LogP contribution in [0.5, 0.6) is 0 Å². The summed E-state index contributed by atoms with van der Waals surface area (Å²) in [4.78, 5) is 19.4. The molecule has 2 fully saturated rings. The maximum absolute atomic E-state index is 13.8. The minimum Gasteiger partial charge on any atom is -0.341 e. The highest BCUT2D eigenvalue weighted by molar-refractivity contribution is 5.78. The van der Waals surface area contributed by atoms with E-state index in [9.17, 15) is 13.6 Å². The van der Waals surface area contributed by atoms with Crippen LogP contribution in [0.2, 0.25) is 0 Å². The molecule has 1 aromatic carbocycles. The number of hydrogen-bond acceptors (Lipinski definition) is 3. The lowest BCUT2D eigenvalue weighted by Gasteiger charge is -2.37. The molecule has 0 N–H and O–H groups in total. The van der Waals surface area contributed by atoms with Crippen molar-refractivity contribution in [2.75, 3.05) is 52.4 Å². The van der Waals surface area contributed by atoms with Crippen LogP contribution < -0.4 is 0 Å². The van der Waals surface area contributed by atoms with Gasteiger partial charge in [0.1, 0.15) is 11.6 Å². The Bertz CT molecular complexity index is 632. The molecule has 0 aromatic heterocycles. The molecule has 27 heavy (non-hydrogen) atoms. The number of halogens is 2. The van der Waals surface area contributed by atoms with E-state index in [1.807, 2.05) is 4.90 Å². The number of aryl methyl sites for hydroxylation is 1. The number of hydrogen-bond donors (Lipinski definition) is 0. The number of likely N-dealkylation sites (tertiary alicyclic amines) is 1. The van der Waals surface area contributed by atoms with Crippen molar-refractivity contribution in [3.05, 3.63) is 35.4 Å². The van der Waals surface area contributed by atoms with E-state index in [4.69, 9.17) is 0 Å². The molecule has 0 aliphatic carbocycles. The van der Waals surface area contributed by atoms with Crippen molar-refractivity contribution in [1.29, 1.82) is 0 Å². The molecule has 6 heteroatoms. The standard InChI is InChI=1S/C21H31F2N3O/c1-2-24-10-12-25(13-11-24)16-21(27)26-9-3-4-17(15-26)5-6-18-7-8-19(22)14-20(18)23/h7-8,14,17H,2-6,9-13,15-16H2,1H3. The van der Waals surface area contributed by atoms with Crippen molar-refractivity contribution < 1.29 is 13.6 Å².